The Kier molecular flexibility index (Phi) is 2.41. The Hall–Kier alpha value is 0.730. The van der Waals surface area contributed by atoms with Gasteiger partial charge in [0.25, 0.3) is 0 Å². The summed E-state index contributed by atoms with van der Waals surface area (Å²) in [5.41, 5.74) is 0. The molecule has 0 radical (unpaired) electrons. The Morgan fingerprint density at radius 1 is 1.44 bits per heavy atom. The fourth-order valence-electron chi connectivity index (χ4n) is 1.47. The van der Waals surface area contributed by atoms with Crippen LogP contribution in [0.15, 0.2) is 0 Å². The molecule has 1 heteroatoms. The van der Waals surface area contributed by atoms with Gasteiger partial charge in [-0.05, 0) is 18.8 Å². The van der Waals surface area contributed by atoms with E-state index in [0.717, 1.165) is 5.92 Å². The molecule has 0 nitrogen and oxygen atoms in total. The summed E-state index contributed by atoms with van der Waals surface area (Å²) in [5, 5.41) is 0. The van der Waals surface area contributed by atoms with Crippen molar-refractivity contribution in [1.29, 1.82) is 0 Å². The first-order chi connectivity index (χ1) is 4.13. The van der Waals surface area contributed by atoms with Gasteiger partial charge in [-0.3, -0.25) is 0 Å². The third-order valence-corrected chi connectivity index (χ3v) is 4.18. The molecule has 1 fully saturated rings. The molecule has 2 atom stereocenters. The van der Waals surface area contributed by atoms with Crippen LogP contribution in [0, 0.1) is 5.92 Å². The fourth-order valence-corrected chi connectivity index (χ4v) is 2.16. The van der Waals surface area contributed by atoms with E-state index in [0.29, 0.717) is 3.42 Å². The SMILES string of the molecule is CC1CCCC[C@@]1(C)I. The zero-order valence-corrected chi connectivity index (χ0v) is 8.44. The van der Waals surface area contributed by atoms with E-state index in [4.69, 9.17) is 0 Å². The van der Waals surface area contributed by atoms with Crippen LogP contribution in [0.3, 0.4) is 0 Å². The van der Waals surface area contributed by atoms with Gasteiger partial charge in [-0.1, -0.05) is 49.3 Å². The molecule has 1 saturated carbocycles. The highest BCUT2D eigenvalue weighted by Gasteiger charge is 2.29. The van der Waals surface area contributed by atoms with Gasteiger partial charge in [0.15, 0.2) is 0 Å². The van der Waals surface area contributed by atoms with Crippen molar-refractivity contribution < 1.29 is 0 Å². The highest BCUT2D eigenvalue weighted by Crippen LogP contribution is 2.40. The average Bonchev–Trinajstić information content (AvgIpc) is 1.77. The molecule has 1 unspecified atom stereocenters. The quantitative estimate of drug-likeness (QED) is 0.448. The summed E-state index contributed by atoms with van der Waals surface area (Å²) in [6, 6.07) is 0. The van der Waals surface area contributed by atoms with Gasteiger partial charge in [-0.2, -0.15) is 0 Å². The lowest BCUT2D eigenvalue weighted by atomic mass is 9.82. The van der Waals surface area contributed by atoms with E-state index in [2.05, 4.69) is 36.4 Å². The number of alkyl halides is 1. The summed E-state index contributed by atoms with van der Waals surface area (Å²) in [7, 11) is 0. The van der Waals surface area contributed by atoms with Crippen LogP contribution in [0.4, 0.5) is 0 Å². The van der Waals surface area contributed by atoms with Crippen LogP contribution >= 0.6 is 22.6 Å². The molecule has 0 aromatic heterocycles. The maximum atomic E-state index is 2.62. The van der Waals surface area contributed by atoms with Gasteiger partial charge in [0.05, 0.1) is 0 Å². The normalized spacial score (nSPS) is 45.0. The molecule has 0 aliphatic heterocycles. The van der Waals surface area contributed by atoms with Gasteiger partial charge < -0.3 is 0 Å². The molecule has 0 amide bonds. The van der Waals surface area contributed by atoms with Crippen LogP contribution in [0.5, 0.6) is 0 Å². The molecule has 0 aromatic carbocycles. The standard InChI is InChI=1S/C8H15I/c1-7-5-3-4-6-8(7,2)9/h7H,3-6H2,1-2H3/t7?,8-/m1/s1. The summed E-state index contributed by atoms with van der Waals surface area (Å²) in [6.07, 6.45) is 5.78. The predicted molar refractivity (Wildman–Crippen MR) is 50.1 cm³/mol. The topological polar surface area (TPSA) is 0 Å². The Bertz CT molecular complexity index is 96.7. The molecule has 0 spiro atoms. The lowest BCUT2D eigenvalue weighted by Gasteiger charge is -2.34. The monoisotopic (exact) mass is 238 g/mol. The summed E-state index contributed by atoms with van der Waals surface area (Å²) >= 11 is 2.62. The van der Waals surface area contributed by atoms with Gasteiger partial charge in [0.2, 0.25) is 0 Å². The van der Waals surface area contributed by atoms with Crippen LogP contribution in [0.25, 0.3) is 0 Å². The minimum Gasteiger partial charge on any atom is -0.0789 e. The molecule has 0 saturated heterocycles. The lowest BCUT2D eigenvalue weighted by Crippen LogP contribution is -2.28. The van der Waals surface area contributed by atoms with Crippen molar-refractivity contribution in [2.75, 3.05) is 0 Å². The number of hydrogen-bond donors (Lipinski definition) is 0. The molecule has 54 valence electrons. The van der Waals surface area contributed by atoms with Crippen LogP contribution in [-0.4, -0.2) is 3.42 Å². The minimum absolute atomic E-state index is 0.607. The first kappa shape index (κ1) is 7.83. The van der Waals surface area contributed by atoms with Crippen LogP contribution in [0.1, 0.15) is 39.5 Å². The molecule has 0 heterocycles. The van der Waals surface area contributed by atoms with Gasteiger partial charge in [0, 0.05) is 3.42 Å². The van der Waals surface area contributed by atoms with Gasteiger partial charge >= 0.3 is 0 Å². The lowest BCUT2D eigenvalue weighted by molar-refractivity contribution is 0.328. The van der Waals surface area contributed by atoms with Crippen LogP contribution < -0.4 is 0 Å². The van der Waals surface area contributed by atoms with Gasteiger partial charge in [-0.25, -0.2) is 0 Å². The van der Waals surface area contributed by atoms with Gasteiger partial charge in [0.1, 0.15) is 0 Å². The highest BCUT2D eigenvalue weighted by molar-refractivity contribution is 14.1. The number of rotatable bonds is 0. The second-order valence-electron chi connectivity index (χ2n) is 3.42. The van der Waals surface area contributed by atoms with E-state index in [-0.39, 0.29) is 0 Å². The largest absolute Gasteiger partial charge is 0.0789 e. The zero-order valence-electron chi connectivity index (χ0n) is 6.28. The first-order valence-electron chi connectivity index (χ1n) is 3.82. The summed E-state index contributed by atoms with van der Waals surface area (Å²) in [4.78, 5) is 0. The molecule has 1 aliphatic carbocycles. The van der Waals surface area contributed by atoms with E-state index in [9.17, 15) is 0 Å². The van der Waals surface area contributed by atoms with E-state index < -0.39 is 0 Å². The summed E-state index contributed by atoms with van der Waals surface area (Å²) in [6.45, 7) is 4.77. The van der Waals surface area contributed by atoms with Crippen molar-refractivity contribution in [2.45, 2.75) is 43.0 Å². The molecule has 0 N–H and O–H groups in total. The molecular weight excluding hydrogens is 223 g/mol. The smallest absolute Gasteiger partial charge is 0.0219 e. The van der Waals surface area contributed by atoms with E-state index >= 15 is 0 Å². The second-order valence-corrected chi connectivity index (χ2v) is 5.89. The van der Waals surface area contributed by atoms with Crippen LogP contribution in [-0.2, 0) is 0 Å². The highest BCUT2D eigenvalue weighted by atomic mass is 127. The maximum Gasteiger partial charge on any atom is 0.0219 e. The number of halogens is 1. The van der Waals surface area contributed by atoms with Crippen molar-refractivity contribution >= 4 is 22.6 Å². The zero-order chi connectivity index (χ0) is 6.91. The molecule has 0 bridgehead atoms. The van der Waals surface area contributed by atoms with Crippen molar-refractivity contribution in [3.05, 3.63) is 0 Å². The van der Waals surface area contributed by atoms with Gasteiger partial charge in [-0.15, -0.1) is 0 Å². The third-order valence-electron chi connectivity index (χ3n) is 2.58. The van der Waals surface area contributed by atoms with E-state index in [1.54, 1.807) is 0 Å². The average molecular weight is 238 g/mol. The summed E-state index contributed by atoms with van der Waals surface area (Å²) in [5.74, 6) is 0.937. The third kappa shape index (κ3) is 1.82. The molecule has 1 rings (SSSR count). The Morgan fingerprint density at radius 3 is 2.44 bits per heavy atom. The molecule has 0 aromatic rings. The predicted octanol–water partition coefficient (Wildman–Crippen LogP) is 3.39. The molecule has 9 heavy (non-hydrogen) atoms. The Balaban J connectivity index is 2.49. The Labute approximate surface area is 71.5 Å². The molecular formula is C8H15I. The molecule has 1 aliphatic rings. The maximum absolute atomic E-state index is 2.62. The van der Waals surface area contributed by atoms with Crippen LogP contribution in [0.2, 0.25) is 0 Å². The second kappa shape index (κ2) is 2.77. The first-order valence-corrected chi connectivity index (χ1v) is 4.90. The minimum atomic E-state index is 0.607. The van der Waals surface area contributed by atoms with Crippen molar-refractivity contribution in [2.24, 2.45) is 5.92 Å². The Morgan fingerprint density at radius 2 is 2.11 bits per heavy atom. The van der Waals surface area contributed by atoms with E-state index in [1.165, 1.54) is 25.7 Å². The fraction of sp³-hybridized carbons (Fsp3) is 1.00. The summed E-state index contributed by atoms with van der Waals surface area (Å²) < 4.78 is 0.607. The van der Waals surface area contributed by atoms with Crippen molar-refractivity contribution in [1.82, 2.24) is 0 Å². The van der Waals surface area contributed by atoms with Crippen molar-refractivity contribution in [3.63, 3.8) is 0 Å². The van der Waals surface area contributed by atoms with Crippen molar-refractivity contribution in [3.8, 4) is 0 Å². The van der Waals surface area contributed by atoms with E-state index in [1.807, 2.05) is 0 Å². The number of hydrogen-bond acceptors (Lipinski definition) is 0.